The average Bonchev–Trinajstić information content (AvgIpc) is 3.43. The quantitative estimate of drug-likeness (QED) is 0.540. The predicted octanol–water partition coefficient (Wildman–Crippen LogP) is 3.14. The molecule has 0 aromatic carbocycles. The van der Waals surface area contributed by atoms with E-state index in [0.29, 0.717) is 19.3 Å². The highest BCUT2D eigenvalue weighted by atomic mass is 15.3. The maximum absolute atomic E-state index is 9.29. The first kappa shape index (κ1) is 17.2. The van der Waals surface area contributed by atoms with Gasteiger partial charge in [-0.3, -0.25) is 13.8 Å². The topological polar surface area (TPSA) is 101 Å². The van der Waals surface area contributed by atoms with Crippen LogP contribution in [0.3, 0.4) is 0 Å². The van der Waals surface area contributed by atoms with Crippen molar-refractivity contribution >= 4 is 5.65 Å². The molecule has 1 saturated carbocycles. The third kappa shape index (κ3) is 2.69. The van der Waals surface area contributed by atoms with Crippen molar-refractivity contribution in [1.82, 2.24) is 28.9 Å². The first-order chi connectivity index (χ1) is 14.1. The molecule has 0 amide bonds. The summed E-state index contributed by atoms with van der Waals surface area (Å²) >= 11 is 0. The number of pyridine rings is 1. The molecular formula is C21H18N8. The van der Waals surface area contributed by atoms with Crippen LogP contribution in [0.25, 0.3) is 28.0 Å². The Balaban J connectivity index is 1.59. The molecule has 0 unspecified atom stereocenters. The molecule has 0 radical (unpaired) electrons. The Hall–Kier alpha value is -3.91. The maximum atomic E-state index is 9.29. The number of imidazole rings is 1. The molecule has 142 valence electrons. The van der Waals surface area contributed by atoms with E-state index < -0.39 is 0 Å². The molecular weight excluding hydrogens is 364 g/mol. The summed E-state index contributed by atoms with van der Waals surface area (Å²) in [6.45, 7) is 0. The standard InChI is InChI=1S/C21H18N8/c1-27-13-17(11-25-27)16-6-19(28-5-4-24-20(28)7-16)18-12-26-29(14-18)21(2-3-22)8-15(9-21)10-23/h4-7,11-15H,2,8-9H2,1H3/t15-,21-. The van der Waals surface area contributed by atoms with Gasteiger partial charge in [-0.05, 0) is 30.5 Å². The van der Waals surface area contributed by atoms with Gasteiger partial charge in [0.15, 0.2) is 0 Å². The number of aromatic nitrogens is 6. The summed E-state index contributed by atoms with van der Waals surface area (Å²) in [5.74, 6) is -0.00901. The van der Waals surface area contributed by atoms with Gasteiger partial charge in [0.1, 0.15) is 5.65 Å². The monoisotopic (exact) mass is 382 g/mol. The Morgan fingerprint density at radius 3 is 2.66 bits per heavy atom. The van der Waals surface area contributed by atoms with Crippen LogP contribution in [0.5, 0.6) is 0 Å². The SMILES string of the molecule is Cn1cc(-c2cc(-c3cnn([C@]4(CC#N)C[C@@H](C#N)C4)c3)n3ccnc3c2)cn1. The lowest BCUT2D eigenvalue weighted by Gasteiger charge is -2.43. The molecule has 8 nitrogen and oxygen atoms in total. The maximum Gasteiger partial charge on any atom is 0.137 e. The van der Waals surface area contributed by atoms with Gasteiger partial charge in [-0.1, -0.05) is 0 Å². The summed E-state index contributed by atoms with van der Waals surface area (Å²) < 4.78 is 5.67. The minimum atomic E-state index is -0.386. The van der Waals surface area contributed by atoms with Gasteiger partial charge in [0.2, 0.25) is 0 Å². The van der Waals surface area contributed by atoms with E-state index in [2.05, 4.69) is 33.4 Å². The van der Waals surface area contributed by atoms with Gasteiger partial charge in [0.25, 0.3) is 0 Å². The van der Waals surface area contributed by atoms with Crippen LogP contribution in [-0.4, -0.2) is 28.9 Å². The highest BCUT2D eigenvalue weighted by molar-refractivity contribution is 5.74. The summed E-state index contributed by atoms with van der Waals surface area (Å²) in [5, 5.41) is 27.3. The zero-order valence-electron chi connectivity index (χ0n) is 15.9. The van der Waals surface area contributed by atoms with E-state index in [-0.39, 0.29) is 11.5 Å². The second-order valence-electron chi connectivity index (χ2n) is 7.65. The zero-order chi connectivity index (χ0) is 20.0. The molecule has 0 spiro atoms. The van der Waals surface area contributed by atoms with Gasteiger partial charge in [-0.15, -0.1) is 0 Å². The summed E-state index contributed by atoms with van der Waals surface area (Å²) in [6, 6.07) is 8.70. The molecule has 0 bridgehead atoms. The number of aryl methyl sites for hydroxylation is 1. The van der Waals surface area contributed by atoms with E-state index in [1.54, 1.807) is 10.9 Å². The minimum Gasteiger partial charge on any atom is -0.300 e. The van der Waals surface area contributed by atoms with Crippen LogP contribution in [0, 0.1) is 28.6 Å². The lowest BCUT2D eigenvalue weighted by atomic mass is 9.67. The Morgan fingerprint density at radius 1 is 1.10 bits per heavy atom. The normalized spacial score (nSPS) is 20.9. The molecule has 0 atom stereocenters. The highest BCUT2D eigenvalue weighted by Crippen LogP contribution is 2.46. The van der Waals surface area contributed by atoms with Crippen LogP contribution in [-0.2, 0) is 12.6 Å². The van der Waals surface area contributed by atoms with Crippen LogP contribution in [0.1, 0.15) is 19.3 Å². The van der Waals surface area contributed by atoms with Crippen molar-refractivity contribution in [3.63, 3.8) is 0 Å². The van der Waals surface area contributed by atoms with E-state index in [9.17, 15) is 10.5 Å². The summed E-state index contributed by atoms with van der Waals surface area (Å²) in [6.07, 6.45) is 13.0. The molecule has 4 aromatic rings. The highest BCUT2D eigenvalue weighted by Gasteiger charge is 2.46. The molecule has 5 rings (SSSR count). The van der Waals surface area contributed by atoms with E-state index in [4.69, 9.17) is 0 Å². The van der Waals surface area contributed by atoms with Crippen LogP contribution >= 0.6 is 0 Å². The van der Waals surface area contributed by atoms with Crippen molar-refractivity contribution < 1.29 is 0 Å². The average molecular weight is 382 g/mol. The Labute approximate surface area is 167 Å². The third-order valence-electron chi connectivity index (χ3n) is 5.75. The fourth-order valence-corrected chi connectivity index (χ4v) is 4.21. The molecule has 1 fully saturated rings. The van der Waals surface area contributed by atoms with Crippen molar-refractivity contribution in [3.8, 4) is 34.5 Å². The molecule has 0 saturated heterocycles. The van der Waals surface area contributed by atoms with Crippen molar-refractivity contribution in [2.75, 3.05) is 0 Å². The molecule has 4 heterocycles. The van der Waals surface area contributed by atoms with E-state index >= 15 is 0 Å². The fourth-order valence-electron chi connectivity index (χ4n) is 4.21. The van der Waals surface area contributed by atoms with Gasteiger partial charge in [-0.25, -0.2) is 4.98 Å². The number of nitriles is 2. The first-order valence-corrected chi connectivity index (χ1v) is 9.40. The molecule has 1 aliphatic carbocycles. The molecule has 8 heteroatoms. The van der Waals surface area contributed by atoms with Gasteiger partial charge in [0.05, 0.1) is 48.1 Å². The smallest absolute Gasteiger partial charge is 0.137 e. The van der Waals surface area contributed by atoms with Crippen molar-refractivity contribution in [1.29, 1.82) is 10.5 Å². The van der Waals surface area contributed by atoms with Crippen LogP contribution < -0.4 is 0 Å². The zero-order valence-corrected chi connectivity index (χ0v) is 15.9. The third-order valence-corrected chi connectivity index (χ3v) is 5.75. The Bertz CT molecular complexity index is 1290. The van der Waals surface area contributed by atoms with Gasteiger partial charge < -0.3 is 0 Å². The summed E-state index contributed by atoms with van der Waals surface area (Å²) in [4.78, 5) is 4.46. The molecule has 0 N–H and O–H groups in total. The van der Waals surface area contributed by atoms with Crippen molar-refractivity contribution in [3.05, 3.63) is 49.3 Å². The van der Waals surface area contributed by atoms with Crippen LogP contribution in [0.4, 0.5) is 0 Å². The number of rotatable bonds is 4. The van der Waals surface area contributed by atoms with E-state index in [1.807, 2.05) is 53.2 Å². The lowest BCUT2D eigenvalue weighted by Crippen LogP contribution is -2.46. The largest absolute Gasteiger partial charge is 0.300 e. The first-order valence-electron chi connectivity index (χ1n) is 9.40. The predicted molar refractivity (Wildman–Crippen MR) is 105 cm³/mol. The number of fused-ring (bicyclic) bond motifs is 1. The van der Waals surface area contributed by atoms with E-state index in [1.165, 1.54) is 0 Å². The van der Waals surface area contributed by atoms with Crippen LogP contribution in [0.2, 0.25) is 0 Å². The van der Waals surface area contributed by atoms with E-state index in [0.717, 1.165) is 28.0 Å². The molecule has 4 aromatic heterocycles. The number of hydrogen-bond acceptors (Lipinski definition) is 5. The summed E-state index contributed by atoms with van der Waals surface area (Å²) in [5.41, 5.74) is 4.41. The Morgan fingerprint density at radius 2 is 1.93 bits per heavy atom. The van der Waals surface area contributed by atoms with Crippen molar-refractivity contribution in [2.24, 2.45) is 13.0 Å². The second kappa shape index (κ2) is 6.32. The molecule has 29 heavy (non-hydrogen) atoms. The van der Waals surface area contributed by atoms with Gasteiger partial charge in [-0.2, -0.15) is 20.7 Å². The fraction of sp³-hybridized carbons (Fsp3) is 0.286. The lowest BCUT2D eigenvalue weighted by molar-refractivity contribution is 0.0882. The number of hydrogen-bond donors (Lipinski definition) is 0. The van der Waals surface area contributed by atoms with Gasteiger partial charge >= 0.3 is 0 Å². The Kier molecular flexibility index (Phi) is 3.75. The van der Waals surface area contributed by atoms with Crippen molar-refractivity contribution in [2.45, 2.75) is 24.8 Å². The minimum absolute atomic E-state index is 0.00901. The van der Waals surface area contributed by atoms with Gasteiger partial charge in [0, 0.05) is 43.0 Å². The molecule has 0 aliphatic heterocycles. The number of nitrogens with zero attached hydrogens (tertiary/aromatic N) is 8. The summed E-state index contributed by atoms with van der Waals surface area (Å²) in [7, 11) is 1.89. The van der Waals surface area contributed by atoms with Crippen LogP contribution in [0.15, 0.2) is 49.3 Å². The molecule has 1 aliphatic rings. The second-order valence-corrected chi connectivity index (χ2v) is 7.65.